The van der Waals surface area contributed by atoms with Crippen LogP contribution in [0.1, 0.15) is 38.4 Å². The van der Waals surface area contributed by atoms with E-state index in [0.717, 1.165) is 31.2 Å². The van der Waals surface area contributed by atoms with Crippen LogP contribution in [-0.4, -0.2) is 36.1 Å². The average Bonchev–Trinajstić information content (AvgIpc) is 2.38. The number of H-pyrrole nitrogens is 1. The van der Waals surface area contributed by atoms with Gasteiger partial charge in [-0.2, -0.15) is 0 Å². The number of piperidine rings is 1. The summed E-state index contributed by atoms with van der Waals surface area (Å²) in [6, 6.07) is 2.09. The van der Waals surface area contributed by atoms with Crippen molar-refractivity contribution in [1.29, 1.82) is 0 Å². The lowest BCUT2D eigenvalue weighted by atomic mass is 10.1. The average molecular weight is 250 g/mol. The number of rotatable bonds is 3. The van der Waals surface area contributed by atoms with Gasteiger partial charge >= 0.3 is 0 Å². The number of nitrogens with zero attached hydrogens (tertiary/aromatic N) is 2. The van der Waals surface area contributed by atoms with E-state index in [1.165, 1.54) is 6.42 Å². The Labute approximate surface area is 108 Å². The zero-order valence-corrected chi connectivity index (χ0v) is 11.4. The maximum absolute atomic E-state index is 11.7. The molecular weight excluding hydrogens is 228 g/mol. The van der Waals surface area contributed by atoms with Gasteiger partial charge < -0.3 is 15.2 Å². The molecule has 18 heavy (non-hydrogen) atoms. The number of nitrogens with one attached hydrogen (secondary N) is 2. The van der Waals surface area contributed by atoms with E-state index in [1.54, 1.807) is 6.07 Å². The number of hydrogen-bond donors (Lipinski definition) is 2. The van der Waals surface area contributed by atoms with Crippen LogP contribution in [-0.2, 0) is 0 Å². The van der Waals surface area contributed by atoms with E-state index >= 15 is 0 Å². The molecule has 5 heteroatoms. The van der Waals surface area contributed by atoms with Gasteiger partial charge in [0.2, 0.25) is 0 Å². The molecule has 1 aliphatic rings. The minimum Gasteiger partial charge on any atom is -0.355 e. The van der Waals surface area contributed by atoms with Crippen LogP contribution in [0.25, 0.3) is 0 Å². The van der Waals surface area contributed by atoms with Gasteiger partial charge in [0.05, 0.1) is 0 Å². The Kier molecular flexibility index (Phi) is 4.01. The summed E-state index contributed by atoms with van der Waals surface area (Å²) in [5.74, 6) is 1.81. The second-order valence-corrected chi connectivity index (χ2v) is 5.22. The first-order chi connectivity index (χ1) is 8.60. The molecule has 0 aliphatic carbocycles. The summed E-state index contributed by atoms with van der Waals surface area (Å²) in [4.78, 5) is 21.2. The molecule has 2 heterocycles. The number of likely N-dealkylation sites (N-methyl/N-ethyl adjacent to an activating group) is 1. The maximum Gasteiger partial charge on any atom is 0.252 e. The fourth-order valence-corrected chi connectivity index (χ4v) is 2.32. The Hall–Kier alpha value is -1.36. The normalized spacial score (nSPS) is 20.4. The molecule has 1 unspecified atom stereocenters. The van der Waals surface area contributed by atoms with Gasteiger partial charge in [0, 0.05) is 31.1 Å². The number of aromatic amines is 1. The first kappa shape index (κ1) is 13.1. The standard InChI is InChI=1S/C13H22N4O/c1-9(2)13-15-11(7-12(18)16-13)17-6-4-5-10(8-17)14-3/h7,9-10,14H,4-6,8H2,1-3H3,(H,15,16,18). The zero-order valence-electron chi connectivity index (χ0n) is 11.4. The quantitative estimate of drug-likeness (QED) is 0.843. The summed E-state index contributed by atoms with van der Waals surface area (Å²) in [5, 5.41) is 3.30. The van der Waals surface area contributed by atoms with Crippen LogP contribution in [0.5, 0.6) is 0 Å². The van der Waals surface area contributed by atoms with Crippen LogP contribution in [0, 0.1) is 0 Å². The van der Waals surface area contributed by atoms with Crippen molar-refractivity contribution in [2.24, 2.45) is 0 Å². The van der Waals surface area contributed by atoms with E-state index < -0.39 is 0 Å². The SMILES string of the molecule is CNC1CCCN(c2cc(=O)[nH]c(C(C)C)n2)C1. The highest BCUT2D eigenvalue weighted by Gasteiger charge is 2.20. The first-order valence-corrected chi connectivity index (χ1v) is 6.63. The molecule has 2 N–H and O–H groups in total. The third-order valence-corrected chi connectivity index (χ3v) is 3.45. The summed E-state index contributed by atoms with van der Waals surface area (Å²) in [6.45, 7) is 5.97. The molecule has 1 aliphatic heterocycles. The van der Waals surface area contributed by atoms with Gasteiger partial charge in [0.25, 0.3) is 5.56 Å². The predicted octanol–water partition coefficient (Wildman–Crippen LogP) is 1.08. The van der Waals surface area contributed by atoms with Crippen LogP contribution in [0.2, 0.25) is 0 Å². The van der Waals surface area contributed by atoms with Crippen molar-refractivity contribution in [1.82, 2.24) is 15.3 Å². The van der Waals surface area contributed by atoms with Crippen LogP contribution in [0.3, 0.4) is 0 Å². The highest BCUT2D eigenvalue weighted by Crippen LogP contribution is 2.18. The van der Waals surface area contributed by atoms with E-state index in [9.17, 15) is 4.79 Å². The fourth-order valence-electron chi connectivity index (χ4n) is 2.32. The number of aromatic nitrogens is 2. The molecule has 5 nitrogen and oxygen atoms in total. The first-order valence-electron chi connectivity index (χ1n) is 6.63. The molecule has 1 atom stereocenters. The van der Waals surface area contributed by atoms with E-state index in [1.807, 2.05) is 20.9 Å². The van der Waals surface area contributed by atoms with Crippen molar-refractivity contribution in [2.75, 3.05) is 25.0 Å². The van der Waals surface area contributed by atoms with E-state index in [2.05, 4.69) is 20.2 Å². The third kappa shape index (κ3) is 2.90. The highest BCUT2D eigenvalue weighted by molar-refractivity contribution is 5.38. The van der Waals surface area contributed by atoms with Crippen molar-refractivity contribution >= 4 is 5.82 Å². The molecule has 1 fully saturated rings. The van der Waals surface area contributed by atoms with Gasteiger partial charge in [0.15, 0.2) is 0 Å². The number of anilines is 1. The second kappa shape index (κ2) is 5.52. The minimum absolute atomic E-state index is 0.0599. The molecule has 1 saturated heterocycles. The fraction of sp³-hybridized carbons (Fsp3) is 0.692. The van der Waals surface area contributed by atoms with E-state index in [0.29, 0.717) is 6.04 Å². The Morgan fingerprint density at radius 3 is 3.00 bits per heavy atom. The van der Waals surface area contributed by atoms with Crippen molar-refractivity contribution in [3.8, 4) is 0 Å². The molecule has 100 valence electrons. The van der Waals surface area contributed by atoms with Crippen molar-refractivity contribution in [3.63, 3.8) is 0 Å². The maximum atomic E-state index is 11.7. The largest absolute Gasteiger partial charge is 0.355 e. The van der Waals surface area contributed by atoms with E-state index in [4.69, 9.17) is 0 Å². The van der Waals surface area contributed by atoms with Gasteiger partial charge in [-0.3, -0.25) is 4.79 Å². The van der Waals surface area contributed by atoms with Crippen LogP contribution >= 0.6 is 0 Å². The van der Waals surface area contributed by atoms with Gasteiger partial charge in [-0.05, 0) is 19.9 Å². The third-order valence-electron chi connectivity index (χ3n) is 3.45. The molecule has 1 aromatic rings. The zero-order chi connectivity index (χ0) is 13.1. The Morgan fingerprint density at radius 2 is 2.33 bits per heavy atom. The lowest BCUT2D eigenvalue weighted by Gasteiger charge is -2.33. The molecule has 2 rings (SSSR count). The Morgan fingerprint density at radius 1 is 1.56 bits per heavy atom. The van der Waals surface area contributed by atoms with Crippen LogP contribution < -0.4 is 15.8 Å². The van der Waals surface area contributed by atoms with Gasteiger partial charge in [-0.1, -0.05) is 13.8 Å². The van der Waals surface area contributed by atoms with Crippen LogP contribution in [0.4, 0.5) is 5.82 Å². The Balaban J connectivity index is 2.24. The molecule has 0 bridgehead atoms. The summed E-state index contributed by atoms with van der Waals surface area (Å²) in [5.41, 5.74) is -0.0599. The smallest absolute Gasteiger partial charge is 0.252 e. The van der Waals surface area contributed by atoms with Crippen molar-refractivity contribution in [2.45, 2.75) is 38.6 Å². The predicted molar refractivity (Wildman–Crippen MR) is 73.2 cm³/mol. The van der Waals surface area contributed by atoms with Gasteiger partial charge in [0.1, 0.15) is 11.6 Å². The number of hydrogen-bond acceptors (Lipinski definition) is 4. The summed E-state index contributed by atoms with van der Waals surface area (Å²) in [6.07, 6.45) is 2.32. The van der Waals surface area contributed by atoms with Gasteiger partial charge in [-0.25, -0.2) is 4.98 Å². The van der Waals surface area contributed by atoms with Crippen LogP contribution in [0.15, 0.2) is 10.9 Å². The Bertz CT molecular complexity index is 455. The molecule has 0 saturated carbocycles. The van der Waals surface area contributed by atoms with Crippen molar-refractivity contribution < 1.29 is 0 Å². The van der Waals surface area contributed by atoms with Gasteiger partial charge in [-0.15, -0.1) is 0 Å². The molecule has 0 aromatic carbocycles. The molecular formula is C13H22N4O. The summed E-state index contributed by atoms with van der Waals surface area (Å²) < 4.78 is 0. The highest BCUT2D eigenvalue weighted by atomic mass is 16.1. The molecule has 0 spiro atoms. The monoisotopic (exact) mass is 250 g/mol. The lowest BCUT2D eigenvalue weighted by Crippen LogP contribution is -2.45. The van der Waals surface area contributed by atoms with E-state index in [-0.39, 0.29) is 11.5 Å². The van der Waals surface area contributed by atoms with Crippen molar-refractivity contribution in [3.05, 3.63) is 22.2 Å². The topological polar surface area (TPSA) is 61.0 Å². The summed E-state index contributed by atoms with van der Waals surface area (Å²) in [7, 11) is 1.99. The molecule has 1 aromatic heterocycles. The second-order valence-electron chi connectivity index (χ2n) is 5.22. The molecule has 0 amide bonds. The lowest BCUT2D eigenvalue weighted by molar-refractivity contribution is 0.447. The molecule has 0 radical (unpaired) electrons. The minimum atomic E-state index is -0.0599. The summed E-state index contributed by atoms with van der Waals surface area (Å²) >= 11 is 0.